The molecule has 0 saturated heterocycles. The molecular formula is C5H15ClNZn. The van der Waals surface area contributed by atoms with Crippen LogP contribution in [0.4, 0.5) is 0 Å². The van der Waals surface area contributed by atoms with E-state index in [0.29, 0.717) is 0 Å². The molecule has 0 aromatic rings. The molecule has 0 fully saturated rings. The molecule has 0 radical (unpaired) electrons. The van der Waals surface area contributed by atoms with Crippen molar-refractivity contribution in [1.82, 2.24) is 0 Å². The molecular weight excluding hydrogens is 175 g/mol. The normalized spacial score (nSPS) is 7.12. The molecule has 0 heterocycles. The van der Waals surface area contributed by atoms with Gasteiger partial charge in [0.05, 0.1) is 0 Å². The van der Waals surface area contributed by atoms with Crippen LogP contribution in [0, 0.1) is 0 Å². The van der Waals surface area contributed by atoms with Gasteiger partial charge < -0.3 is 5.73 Å². The predicted octanol–water partition coefficient (Wildman–Crippen LogP) is 2.21. The van der Waals surface area contributed by atoms with Crippen LogP contribution in [0.15, 0.2) is 0 Å². The zero-order valence-corrected chi connectivity index (χ0v) is 9.80. The minimum atomic E-state index is -1.15. The Morgan fingerprint density at radius 2 is 1.62 bits per heavy atom. The standard InChI is InChI=1S/C3H9N.2CH3.ClH.Zn/c1-2-3-4;;;;/h2-4H2,1H3;2*1H3;1H;/q;;;;+1/p-1. The first-order chi connectivity index (χ1) is 3.65. The summed E-state index contributed by atoms with van der Waals surface area (Å²) >= 11 is -1.15. The first kappa shape index (κ1) is 11.6. The van der Waals surface area contributed by atoms with Crippen molar-refractivity contribution in [3.8, 4) is 0 Å². The average molecular weight is 190 g/mol. The van der Waals surface area contributed by atoms with Gasteiger partial charge in [0.25, 0.3) is 0 Å². The Hall–Kier alpha value is 0.873. The van der Waals surface area contributed by atoms with Crippen LogP contribution in [-0.2, 0) is 15.0 Å². The maximum absolute atomic E-state index is 5.48. The Bertz CT molecular complexity index is 28.9. The fourth-order valence-electron chi connectivity index (χ4n) is 0. The Morgan fingerprint density at radius 3 is 1.62 bits per heavy atom. The van der Waals surface area contributed by atoms with E-state index in [2.05, 4.69) is 18.0 Å². The monoisotopic (exact) mass is 188 g/mol. The molecule has 0 rings (SSSR count). The van der Waals surface area contributed by atoms with Crippen molar-refractivity contribution in [1.29, 1.82) is 0 Å². The molecule has 0 amide bonds. The molecule has 2 N–H and O–H groups in total. The number of nitrogens with two attached hydrogens (primary N) is 1. The summed E-state index contributed by atoms with van der Waals surface area (Å²) in [7, 11) is 5.48. The van der Waals surface area contributed by atoms with Crippen LogP contribution in [0.1, 0.15) is 13.3 Å². The van der Waals surface area contributed by atoms with E-state index < -0.39 is 15.0 Å². The SMILES string of the molecule is CCCN.[CH3][Zn]([CH3])[Cl]. The molecule has 49 valence electrons. The molecule has 3 heteroatoms. The number of hydrogen-bond acceptors (Lipinski definition) is 1. The van der Waals surface area contributed by atoms with Crippen LogP contribution in [0.2, 0.25) is 11.0 Å². The number of hydrogen-bond donors (Lipinski definition) is 1. The second-order valence-corrected chi connectivity index (χ2v) is 12.8. The molecule has 0 unspecified atom stereocenters. The van der Waals surface area contributed by atoms with Crippen molar-refractivity contribution in [2.45, 2.75) is 24.4 Å². The Morgan fingerprint density at radius 1 is 1.50 bits per heavy atom. The van der Waals surface area contributed by atoms with Gasteiger partial charge in [-0.05, 0) is 13.0 Å². The van der Waals surface area contributed by atoms with Crippen molar-refractivity contribution in [2.75, 3.05) is 6.54 Å². The van der Waals surface area contributed by atoms with Gasteiger partial charge in [0, 0.05) is 0 Å². The Balaban J connectivity index is 0. The molecule has 0 aliphatic carbocycles. The van der Waals surface area contributed by atoms with Gasteiger partial charge in [-0.2, -0.15) is 0 Å². The van der Waals surface area contributed by atoms with Crippen LogP contribution in [0.3, 0.4) is 0 Å². The maximum atomic E-state index is 5.48. The van der Waals surface area contributed by atoms with Crippen LogP contribution >= 0.6 is 9.69 Å². The third kappa shape index (κ3) is 67.6. The summed E-state index contributed by atoms with van der Waals surface area (Å²) in [6.07, 6.45) is 1.10. The van der Waals surface area contributed by atoms with Gasteiger partial charge in [-0.15, -0.1) is 0 Å². The van der Waals surface area contributed by atoms with Gasteiger partial charge in [0.2, 0.25) is 0 Å². The van der Waals surface area contributed by atoms with Gasteiger partial charge in [0.15, 0.2) is 0 Å². The fourth-order valence-corrected chi connectivity index (χ4v) is 0. The summed E-state index contributed by atoms with van der Waals surface area (Å²) in [5, 5.41) is 0. The minimum absolute atomic E-state index is 0.819. The summed E-state index contributed by atoms with van der Waals surface area (Å²) in [4.78, 5) is 0. The van der Waals surface area contributed by atoms with Gasteiger partial charge in [0.1, 0.15) is 0 Å². The summed E-state index contributed by atoms with van der Waals surface area (Å²) in [6.45, 7) is 2.88. The summed E-state index contributed by atoms with van der Waals surface area (Å²) in [6, 6.07) is 0. The topological polar surface area (TPSA) is 26.0 Å². The van der Waals surface area contributed by atoms with Gasteiger partial charge >= 0.3 is 35.7 Å². The number of halogens is 1. The average Bonchev–Trinajstić information content (AvgIpc) is 1.65. The molecule has 0 atom stereocenters. The molecule has 0 bridgehead atoms. The van der Waals surface area contributed by atoms with Gasteiger partial charge in [-0.25, -0.2) is 0 Å². The molecule has 0 aromatic carbocycles. The van der Waals surface area contributed by atoms with Crippen LogP contribution in [-0.4, -0.2) is 6.54 Å². The number of rotatable bonds is 1. The molecule has 0 aliphatic rings. The summed E-state index contributed by atoms with van der Waals surface area (Å²) in [5.74, 6) is 0. The summed E-state index contributed by atoms with van der Waals surface area (Å²) in [5.41, 5.74) is 9.31. The first-order valence-electron chi connectivity index (χ1n) is 3.30. The third-order valence-corrected chi connectivity index (χ3v) is 0.289. The predicted molar refractivity (Wildman–Crippen MR) is 36.9 cm³/mol. The molecule has 8 heavy (non-hydrogen) atoms. The van der Waals surface area contributed by atoms with E-state index in [9.17, 15) is 0 Å². The van der Waals surface area contributed by atoms with Crippen molar-refractivity contribution >= 4 is 9.69 Å². The molecule has 0 aliphatic heterocycles. The first-order valence-corrected chi connectivity index (χ1v) is 13.1. The van der Waals surface area contributed by atoms with E-state index in [1.54, 1.807) is 0 Å². The van der Waals surface area contributed by atoms with E-state index in [1.807, 2.05) is 0 Å². The van der Waals surface area contributed by atoms with Crippen molar-refractivity contribution in [3.63, 3.8) is 0 Å². The second-order valence-electron chi connectivity index (χ2n) is 2.03. The van der Waals surface area contributed by atoms with Crippen LogP contribution < -0.4 is 5.73 Å². The molecule has 1 nitrogen and oxygen atoms in total. The van der Waals surface area contributed by atoms with Crippen molar-refractivity contribution < 1.29 is 15.0 Å². The fraction of sp³-hybridized carbons (Fsp3) is 1.00. The summed E-state index contributed by atoms with van der Waals surface area (Å²) < 4.78 is 0. The third-order valence-electron chi connectivity index (χ3n) is 0.289. The van der Waals surface area contributed by atoms with E-state index in [4.69, 9.17) is 15.4 Å². The zero-order chi connectivity index (χ0) is 6.99. The zero-order valence-electron chi connectivity index (χ0n) is 6.08. The Labute approximate surface area is 61.5 Å². The van der Waals surface area contributed by atoms with Gasteiger partial charge in [-0.3, -0.25) is 0 Å². The van der Waals surface area contributed by atoms with E-state index in [0.717, 1.165) is 13.0 Å². The van der Waals surface area contributed by atoms with Crippen molar-refractivity contribution in [2.24, 2.45) is 5.73 Å². The second kappa shape index (κ2) is 10.8. The van der Waals surface area contributed by atoms with Crippen LogP contribution in [0.25, 0.3) is 0 Å². The molecule has 0 aromatic heterocycles. The van der Waals surface area contributed by atoms with Crippen molar-refractivity contribution in [3.05, 3.63) is 0 Å². The van der Waals surface area contributed by atoms with Gasteiger partial charge in [-0.1, -0.05) is 6.92 Å². The Kier molecular flexibility index (Phi) is 15.7. The molecule has 0 saturated carbocycles. The van der Waals surface area contributed by atoms with E-state index >= 15 is 0 Å². The van der Waals surface area contributed by atoms with E-state index in [1.165, 1.54) is 0 Å². The van der Waals surface area contributed by atoms with E-state index in [-0.39, 0.29) is 0 Å². The van der Waals surface area contributed by atoms with Crippen LogP contribution in [0.5, 0.6) is 0 Å². The molecule has 0 spiro atoms. The quantitative estimate of drug-likeness (QED) is 0.630.